The third-order valence-electron chi connectivity index (χ3n) is 4.19. The summed E-state index contributed by atoms with van der Waals surface area (Å²) in [6.07, 6.45) is 9.04. The van der Waals surface area contributed by atoms with Crippen molar-refractivity contribution in [3.8, 4) is 0 Å². The molecule has 1 saturated carbocycles. The van der Waals surface area contributed by atoms with Crippen molar-refractivity contribution < 1.29 is 4.74 Å². The molecule has 1 fully saturated rings. The van der Waals surface area contributed by atoms with Crippen LogP contribution in [0.5, 0.6) is 0 Å². The van der Waals surface area contributed by atoms with Crippen LogP contribution in [-0.2, 0) is 4.74 Å². The topological polar surface area (TPSA) is 35.2 Å². The summed E-state index contributed by atoms with van der Waals surface area (Å²) in [6.45, 7) is 7.76. The zero-order valence-electron chi connectivity index (χ0n) is 12.0. The van der Waals surface area contributed by atoms with E-state index in [0.29, 0.717) is 6.10 Å². The van der Waals surface area contributed by atoms with Crippen LogP contribution in [0.4, 0.5) is 0 Å². The highest BCUT2D eigenvalue weighted by Gasteiger charge is 2.27. The monoisotopic (exact) mass is 241 g/mol. The van der Waals surface area contributed by atoms with E-state index in [9.17, 15) is 0 Å². The zero-order chi connectivity index (χ0) is 12.7. The van der Waals surface area contributed by atoms with Gasteiger partial charge in [-0.25, -0.2) is 0 Å². The molecule has 2 heteroatoms. The summed E-state index contributed by atoms with van der Waals surface area (Å²) in [7, 11) is 0. The Morgan fingerprint density at radius 2 is 2.06 bits per heavy atom. The van der Waals surface area contributed by atoms with Crippen molar-refractivity contribution in [3.05, 3.63) is 0 Å². The second-order valence-electron chi connectivity index (χ2n) is 5.87. The van der Waals surface area contributed by atoms with Crippen LogP contribution in [0, 0.1) is 11.8 Å². The standard InChI is InChI=1S/C15H31NO/c1-4-6-7-13(5-2)11-17-15-10-12(3)8-9-14(15)16/h12-15H,4-11,16H2,1-3H3. The van der Waals surface area contributed by atoms with Gasteiger partial charge < -0.3 is 10.5 Å². The van der Waals surface area contributed by atoms with E-state index in [0.717, 1.165) is 31.3 Å². The lowest BCUT2D eigenvalue weighted by Gasteiger charge is -2.33. The molecule has 102 valence electrons. The van der Waals surface area contributed by atoms with Gasteiger partial charge in [0.2, 0.25) is 0 Å². The SMILES string of the molecule is CCCCC(CC)COC1CC(C)CCC1N. The van der Waals surface area contributed by atoms with Crippen molar-refractivity contribution in [3.63, 3.8) is 0 Å². The van der Waals surface area contributed by atoms with E-state index < -0.39 is 0 Å². The van der Waals surface area contributed by atoms with Crippen LogP contribution in [0.3, 0.4) is 0 Å². The second-order valence-corrected chi connectivity index (χ2v) is 5.87. The highest BCUT2D eigenvalue weighted by atomic mass is 16.5. The molecule has 0 saturated heterocycles. The van der Waals surface area contributed by atoms with E-state index in [1.165, 1.54) is 32.1 Å². The van der Waals surface area contributed by atoms with Crippen LogP contribution in [0.1, 0.15) is 65.7 Å². The van der Waals surface area contributed by atoms with Gasteiger partial charge in [-0.05, 0) is 37.5 Å². The van der Waals surface area contributed by atoms with Crippen molar-refractivity contribution in [1.29, 1.82) is 0 Å². The van der Waals surface area contributed by atoms with Crippen LogP contribution < -0.4 is 5.73 Å². The van der Waals surface area contributed by atoms with E-state index in [2.05, 4.69) is 20.8 Å². The second kappa shape index (κ2) is 8.10. The minimum absolute atomic E-state index is 0.273. The first-order chi connectivity index (χ1) is 8.17. The first-order valence-electron chi connectivity index (χ1n) is 7.54. The maximum absolute atomic E-state index is 6.14. The normalized spacial score (nSPS) is 31.4. The van der Waals surface area contributed by atoms with E-state index >= 15 is 0 Å². The van der Waals surface area contributed by atoms with Gasteiger partial charge in [-0.3, -0.25) is 0 Å². The van der Waals surface area contributed by atoms with Crippen LogP contribution in [0.2, 0.25) is 0 Å². The van der Waals surface area contributed by atoms with Gasteiger partial charge in [0.1, 0.15) is 0 Å². The third kappa shape index (κ3) is 5.39. The molecule has 0 spiro atoms. The molecule has 1 rings (SSSR count). The largest absolute Gasteiger partial charge is 0.376 e. The quantitative estimate of drug-likeness (QED) is 0.737. The summed E-state index contributed by atoms with van der Waals surface area (Å²) in [5, 5.41) is 0. The predicted octanol–water partition coefficient (Wildman–Crippen LogP) is 3.74. The number of unbranched alkanes of at least 4 members (excludes halogenated alkanes) is 1. The maximum atomic E-state index is 6.14. The molecule has 0 aromatic heterocycles. The summed E-state index contributed by atoms with van der Waals surface area (Å²) in [5.41, 5.74) is 6.14. The Bertz CT molecular complexity index is 195. The average Bonchev–Trinajstić information content (AvgIpc) is 2.33. The number of hydrogen-bond donors (Lipinski definition) is 1. The molecule has 1 aliphatic rings. The van der Waals surface area contributed by atoms with Crippen molar-refractivity contribution in [2.45, 2.75) is 77.9 Å². The Kier molecular flexibility index (Phi) is 7.14. The number of ether oxygens (including phenoxy) is 1. The molecular weight excluding hydrogens is 210 g/mol. The van der Waals surface area contributed by atoms with E-state index in [1.54, 1.807) is 0 Å². The minimum atomic E-state index is 0.273. The summed E-state index contributed by atoms with van der Waals surface area (Å²) < 4.78 is 6.09. The van der Waals surface area contributed by atoms with E-state index in [1.807, 2.05) is 0 Å². The number of hydrogen-bond acceptors (Lipinski definition) is 2. The van der Waals surface area contributed by atoms with Crippen LogP contribution in [0.25, 0.3) is 0 Å². The molecule has 0 aromatic rings. The highest BCUT2D eigenvalue weighted by Crippen LogP contribution is 2.26. The van der Waals surface area contributed by atoms with Gasteiger partial charge in [-0.1, -0.05) is 40.0 Å². The Labute approximate surface area is 107 Å². The van der Waals surface area contributed by atoms with Crippen molar-refractivity contribution in [2.24, 2.45) is 17.6 Å². The van der Waals surface area contributed by atoms with Crippen LogP contribution >= 0.6 is 0 Å². The van der Waals surface area contributed by atoms with Crippen LogP contribution in [-0.4, -0.2) is 18.8 Å². The lowest BCUT2D eigenvalue weighted by Crippen LogP contribution is -2.42. The van der Waals surface area contributed by atoms with Gasteiger partial charge in [0.05, 0.1) is 6.10 Å². The Morgan fingerprint density at radius 3 is 2.71 bits per heavy atom. The Morgan fingerprint density at radius 1 is 1.29 bits per heavy atom. The Hall–Kier alpha value is -0.0800. The van der Waals surface area contributed by atoms with Gasteiger partial charge >= 0.3 is 0 Å². The van der Waals surface area contributed by atoms with Gasteiger partial charge in [0.25, 0.3) is 0 Å². The molecule has 0 heterocycles. The lowest BCUT2D eigenvalue weighted by molar-refractivity contribution is -0.0169. The van der Waals surface area contributed by atoms with Crippen molar-refractivity contribution in [2.75, 3.05) is 6.61 Å². The maximum Gasteiger partial charge on any atom is 0.0728 e. The van der Waals surface area contributed by atoms with E-state index in [4.69, 9.17) is 10.5 Å². The molecule has 17 heavy (non-hydrogen) atoms. The number of rotatable bonds is 7. The molecule has 0 aliphatic heterocycles. The van der Waals surface area contributed by atoms with Crippen LogP contribution in [0.15, 0.2) is 0 Å². The fourth-order valence-corrected chi connectivity index (χ4v) is 2.70. The van der Waals surface area contributed by atoms with Crippen molar-refractivity contribution in [1.82, 2.24) is 0 Å². The fourth-order valence-electron chi connectivity index (χ4n) is 2.70. The number of nitrogens with two attached hydrogens (primary N) is 1. The Balaban J connectivity index is 2.26. The average molecular weight is 241 g/mol. The van der Waals surface area contributed by atoms with Gasteiger partial charge in [-0.15, -0.1) is 0 Å². The minimum Gasteiger partial charge on any atom is -0.376 e. The smallest absolute Gasteiger partial charge is 0.0728 e. The zero-order valence-corrected chi connectivity index (χ0v) is 12.0. The molecule has 0 bridgehead atoms. The summed E-state index contributed by atoms with van der Waals surface area (Å²) in [5.74, 6) is 1.52. The molecule has 2 N–H and O–H groups in total. The summed E-state index contributed by atoms with van der Waals surface area (Å²) in [6, 6.07) is 0.273. The van der Waals surface area contributed by atoms with Crippen molar-refractivity contribution >= 4 is 0 Å². The highest BCUT2D eigenvalue weighted by molar-refractivity contribution is 4.82. The van der Waals surface area contributed by atoms with E-state index in [-0.39, 0.29) is 6.04 Å². The summed E-state index contributed by atoms with van der Waals surface area (Å²) in [4.78, 5) is 0. The molecular formula is C15H31NO. The van der Waals surface area contributed by atoms with Gasteiger partial charge in [0.15, 0.2) is 0 Å². The lowest BCUT2D eigenvalue weighted by atomic mass is 9.85. The molecule has 4 atom stereocenters. The first-order valence-corrected chi connectivity index (χ1v) is 7.54. The molecule has 0 aromatic carbocycles. The summed E-state index contributed by atoms with van der Waals surface area (Å²) >= 11 is 0. The molecule has 4 unspecified atom stereocenters. The van der Waals surface area contributed by atoms with Gasteiger partial charge in [-0.2, -0.15) is 0 Å². The third-order valence-corrected chi connectivity index (χ3v) is 4.19. The fraction of sp³-hybridized carbons (Fsp3) is 1.00. The first kappa shape index (κ1) is 15.0. The predicted molar refractivity (Wildman–Crippen MR) is 74.0 cm³/mol. The molecule has 1 aliphatic carbocycles. The van der Waals surface area contributed by atoms with Gasteiger partial charge in [0, 0.05) is 12.6 Å². The molecule has 0 radical (unpaired) electrons. The molecule has 0 amide bonds. The molecule has 2 nitrogen and oxygen atoms in total.